The lowest BCUT2D eigenvalue weighted by Crippen LogP contribution is -3.00. The first kappa shape index (κ1) is 79.4. The SMILES string of the molecule is Cc1cc(C[n+]2cnn(C[C@](O)(c3ccc(F)cc3F)[C@H](C)Cc3nc(-c4ccc(C#N)cc4)cs3)c2)cc(C)c1OC(=O)CCN.Cc1cc(C[n+]2cnn(C[C@](O)(c3ccc(F)cc3F)[C@H](C)Cc3nc(-c4ccc(C#N)cc4)cs3)c2)cc(C)c1OC(=O)CCN.O=C([O-])C(F)(F)F.[Br-]. The molecule has 102 heavy (non-hydrogen) atoms. The van der Waals surface area contributed by atoms with Gasteiger partial charge in [0.2, 0.25) is 12.7 Å². The molecular weight excluding hydrogens is 1440 g/mol. The molecule has 0 aliphatic heterocycles. The fourth-order valence-electron chi connectivity index (χ4n) is 11.2. The number of nitrogens with two attached hydrogens (primary N) is 2. The van der Waals surface area contributed by atoms with Gasteiger partial charge < -0.3 is 58.0 Å². The summed E-state index contributed by atoms with van der Waals surface area (Å²) in [7, 11) is 0. The Kier molecular flexibility index (Phi) is 27.3. The number of rotatable bonds is 24. The first-order chi connectivity index (χ1) is 47.9. The Morgan fingerprint density at radius 1 is 0.598 bits per heavy atom. The highest BCUT2D eigenvalue weighted by Gasteiger charge is 2.43. The smallest absolute Gasteiger partial charge is 0.430 e. The Morgan fingerprint density at radius 2 is 0.941 bits per heavy atom. The normalized spacial score (nSPS) is 12.9. The molecule has 0 spiro atoms. The molecule has 0 aliphatic carbocycles. The van der Waals surface area contributed by atoms with Gasteiger partial charge in [-0.25, -0.2) is 36.7 Å². The van der Waals surface area contributed by atoms with Crippen molar-refractivity contribution in [3.8, 4) is 46.2 Å². The summed E-state index contributed by atoms with van der Waals surface area (Å²) in [5.41, 5.74) is 16.7. The van der Waals surface area contributed by atoms with E-state index in [0.29, 0.717) is 48.6 Å². The van der Waals surface area contributed by atoms with Crippen molar-refractivity contribution in [2.45, 2.75) is 111 Å². The fraction of sp³-hybridized carbons (Fsp3) is 0.292. The van der Waals surface area contributed by atoms with Gasteiger partial charge in [-0.1, -0.05) is 50.2 Å². The van der Waals surface area contributed by atoms with E-state index < -0.39 is 58.5 Å². The minimum absolute atomic E-state index is 0. The summed E-state index contributed by atoms with van der Waals surface area (Å²) in [5.74, 6) is -7.05. The van der Waals surface area contributed by atoms with Crippen LogP contribution in [0.5, 0.6) is 11.5 Å². The fourth-order valence-corrected chi connectivity index (χ4v) is 13.0. The van der Waals surface area contributed by atoms with Gasteiger partial charge in [0.25, 0.3) is 12.7 Å². The van der Waals surface area contributed by atoms with Crippen LogP contribution in [0.15, 0.2) is 145 Å². The van der Waals surface area contributed by atoms with E-state index in [0.717, 1.165) is 90.2 Å². The highest BCUT2D eigenvalue weighted by Crippen LogP contribution is 2.39. The molecule has 534 valence electrons. The van der Waals surface area contributed by atoms with Gasteiger partial charge in [0.15, 0.2) is 0 Å². The van der Waals surface area contributed by atoms with Crippen molar-refractivity contribution < 1.29 is 96.0 Å². The number of nitriles is 2. The zero-order valence-electron chi connectivity index (χ0n) is 55.9. The molecule has 30 heteroatoms. The highest BCUT2D eigenvalue weighted by atomic mass is 79.9. The molecule has 10 rings (SSSR count). The molecule has 0 radical (unpaired) electrons. The summed E-state index contributed by atoms with van der Waals surface area (Å²) in [6, 6.07) is 32.5. The number of hydrogen-bond acceptors (Lipinski definition) is 18. The van der Waals surface area contributed by atoms with Crippen LogP contribution in [0, 0.1) is 85.5 Å². The second-order valence-corrected chi connectivity index (χ2v) is 26.0. The molecule has 0 amide bonds. The van der Waals surface area contributed by atoms with E-state index in [-0.39, 0.29) is 79.1 Å². The second kappa shape index (κ2) is 35.1. The Morgan fingerprint density at radius 3 is 1.25 bits per heavy atom. The van der Waals surface area contributed by atoms with E-state index in [4.69, 9.17) is 51.3 Å². The molecule has 4 aromatic heterocycles. The number of carbonyl (C=O) groups is 3. The maximum atomic E-state index is 15.2. The Labute approximate surface area is 600 Å². The van der Waals surface area contributed by atoms with Crippen molar-refractivity contribution in [2.75, 3.05) is 13.1 Å². The molecule has 4 atom stereocenters. The number of carboxylic acid groups (broad SMARTS) is 1. The predicted octanol–water partition coefficient (Wildman–Crippen LogP) is 6.56. The summed E-state index contributed by atoms with van der Waals surface area (Å²) in [6.45, 7) is 12.2. The number of nitrogens with zero attached hydrogens (tertiary/aromatic N) is 10. The zero-order chi connectivity index (χ0) is 73.5. The summed E-state index contributed by atoms with van der Waals surface area (Å²) >= 11 is 2.84. The topological polar surface area (TPSA) is 302 Å². The maximum Gasteiger partial charge on any atom is 0.430 e. The molecule has 0 bridgehead atoms. The largest absolute Gasteiger partial charge is 1.00 e. The first-order valence-electron chi connectivity index (χ1n) is 31.3. The van der Waals surface area contributed by atoms with Gasteiger partial charge >= 0.3 is 18.1 Å². The molecule has 0 aliphatic rings. The first-order valence-corrected chi connectivity index (χ1v) is 33.1. The summed E-state index contributed by atoms with van der Waals surface area (Å²) < 4.78 is 108. The van der Waals surface area contributed by atoms with Crippen LogP contribution in [0.2, 0.25) is 0 Å². The van der Waals surface area contributed by atoms with Gasteiger partial charge in [-0.2, -0.15) is 23.7 Å². The van der Waals surface area contributed by atoms with E-state index >= 15 is 8.78 Å². The van der Waals surface area contributed by atoms with Crippen LogP contribution in [0.1, 0.15) is 92.3 Å². The van der Waals surface area contributed by atoms with Crippen LogP contribution < -0.4 is 52.2 Å². The molecule has 6 N–H and O–H groups in total. The van der Waals surface area contributed by atoms with E-state index in [1.165, 1.54) is 44.2 Å². The van der Waals surface area contributed by atoms with Crippen LogP contribution >= 0.6 is 22.7 Å². The third-order valence-electron chi connectivity index (χ3n) is 16.3. The lowest BCUT2D eigenvalue weighted by molar-refractivity contribution is -0.689. The number of ether oxygens (including phenoxy) is 2. The molecular formula is C72H70BrF7N12O8S2. The van der Waals surface area contributed by atoms with Crippen molar-refractivity contribution in [1.82, 2.24) is 29.5 Å². The molecule has 0 saturated heterocycles. The highest BCUT2D eigenvalue weighted by molar-refractivity contribution is 7.10. The average Bonchev–Trinajstić information content (AvgIpc) is 1.20. The maximum absolute atomic E-state index is 15.2. The minimum atomic E-state index is -5.19. The van der Waals surface area contributed by atoms with Crippen LogP contribution in [0.3, 0.4) is 0 Å². The van der Waals surface area contributed by atoms with E-state index in [1.54, 1.807) is 63.4 Å². The second-order valence-electron chi connectivity index (χ2n) is 24.1. The molecule has 0 fully saturated rings. The van der Waals surface area contributed by atoms with E-state index in [2.05, 4.69) is 22.3 Å². The monoisotopic (exact) mass is 1510 g/mol. The van der Waals surface area contributed by atoms with Crippen LogP contribution in [0.25, 0.3) is 22.5 Å². The lowest BCUT2D eigenvalue weighted by Gasteiger charge is -2.32. The number of benzene rings is 6. The Bertz CT molecular complexity index is 4350. The van der Waals surface area contributed by atoms with Gasteiger partial charge in [-0.05, 0) is 134 Å². The number of carbonyl (C=O) groups excluding carboxylic acids is 3. The third kappa shape index (κ3) is 20.6. The van der Waals surface area contributed by atoms with Gasteiger partial charge in [0, 0.05) is 81.3 Å². The van der Waals surface area contributed by atoms with Crippen molar-refractivity contribution in [3.05, 3.63) is 234 Å². The minimum Gasteiger partial charge on any atom is -1.00 e. The number of alkyl halides is 3. The van der Waals surface area contributed by atoms with Gasteiger partial charge in [0.1, 0.15) is 65.0 Å². The summed E-state index contributed by atoms with van der Waals surface area (Å²) in [5, 5.41) is 65.5. The number of halogens is 8. The van der Waals surface area contributed by atoms with Crippen LogP contribution in [-0.2, 0) is 64.6 Å². The number of aliphatic carboxylic acids is 1. The van der Waals surface area contributed by atoms with Crippen molar-refractivity contribution >= 4 is 40.6 Å². The van der Waals surface area contributed by atoms with Crippen molar-refractivity contribution in [1.29, 1.82) is 10.5 Å². The lowest BCUT2D eigenvalue weighted by atomic mass is 9.80. The van der Waals surface area contributed by atoms with Crippen molar-refractivity contribution in [2.24, 2.45) is 23.3 Å². The number of aryl methyl sites for hydroxylation is 4. The quantitative estimate of drug-likeness (QED) is 0.0215. The Hall–Kier alpha value is -9.92. The van der Waals surface area contributed by atoms with Crippen LogP contribution in [-0.4, -0.2) is 76.9 Å². The van der Waals surface area contributed by atoms with E-state index in [1.807, 2.05) is 96.1 Å². The van der Waals surface area contributed by atoms with Gasteiger partial charge in [-0.3, -0.25) is 9.59 Å². The number of hydrogen-bond donors (Lipinski definition) is 4. The molecule has 10 aromatic rings. The summed E-state index contributed by atoms with van der Waals surface area (Å²) in [4.78, 5) is 42.2. The number of carboxylic acids is 1. The van der Waals surface area contributed by atoms with E-state index in [9.17, 15) is 41.8 Å². The molecule has 20 nitrogen and oxygen atoms in total. The third-order valence-corrected chi connectivity index (χ3v) is 18.0. The average molecular weight is 1510 g/mol. The molecule has 0 saturated carbocycles. The van der Waals surface area contributed by atoms with Gasteiger partial charge in [0.05, 0.1) is 70.6 Å². The Balaban J connectivity index is 0.000000259. The number of esters is 2. The molecule has 6 aromatic carbocycles. The number of aliphatic hydroxyl groups is 2. The zero-order valence-corrected chi connectivity index (χ0v) is 59.1. The molecule has 0 unspecified atom stereocenters. The van der Waals surface area contributed by atoms with Crippen LogP contribution in [0.4, 0.5) is 30.7 Å². The standard InChI is InChI=1S/2C35H35F2N6O3S.C2HF3O2.BrH/c2*1-22-12-26(13-23(2)34(22)46-33(44)10-11-38)17-42-20-40-43(21-42)19-35(45,29-9-8-28(36)15-30(29)37)24(3)14-32-41-31(18-47-32)27-6-4-25(16-39)5-7-27;3-2(4,5)1(6)7;/h2*4-9,12-13,15,18,20-21,24,45H,10-11,14,17,19,38H2,1-3H3;(H,6,7);1H/q2*+1;;/p-2/t2*24-,35-;;/m11../s1. The molecule has 4 heterocycles. The number of thiazole rings is 2. The summed E-state index contributed by atoms with van der Waals surface area (Å²) in [6.07, 6.45) is 2.34. The van der Waals surface area contributed by atoms with Crippen molar-refractivity contribution in [3.63, 3.8) is 0 Å². The van der Waals surface area contributed by atoms with Gasteiger partial charge in [-0.15, -0.1) is 32.0 Å². The number of aromatic nitrogens is 8. The predicted molar refractivity (Wildman–Crippen MR) is 355 cm³/mol.